The van der Waals surface area contributed by atoms with E-state index >= 15 is 0 Å². The molecule has 6 heteroatoms. The van der Waals surface area contributed by atoms with Crippen LogP contribution in [0.1, 0.15) is 74.1 Å². The molecular weight excluding hydrogens is 287 g/mol. The molecule has 20 heavy (non-hydrogen) atoms. The predicted octanol–water partition coefficient (Wildman–Crippen LogP) is 1.33. The van der Waals surface area contributed by atoms with Gasteiger partial charge in [-0.2, -0.15) is 8.42 Å². The average molecular weight is 318 g/mol. The summed E-state index contributed by atoms with van der Waals surface area (Å²) in [5.74, 6) is 0.974. The standard InChI is InChI=1S/C14H30O4S.Na.H/c1-5-7-8-13(6-2)9-10-14(11-12(3)4)18-19(15,16)17;;/h12-14H,5-11H2,1-4H3,(H,15,16,17);;/q;+1;-1. The van der Waals surface area contributed by atoms with Crippen LogP contribution in [0, 0.1) is 11.8 Å². The van der Waals surface area contributed by atoms with E-state index in [9.17, 15) is 8.42 Å². The van der Waals surface area contributed by atoms with E-state index in [-0.39, 0.29) is 31.0 Å². The first-order valence-corrected chi connectivity index (χ1v) is 8.80. The first kappa shape index (κ1) is 23.1. The smallest absolute Gasteiger partial charge is 1.00 e. The Morgan fingerprint density at radius 3 is 2.15 bits per heavy atom. The second kappa shape index (κ2) is 12.4. The van der Waals surface area contributed by atoms with Crippen molar-refractivity contribution in [1.82, 2.24) is 0 Å². The van der Waals surface area contributed by atoms with Crippen LogP contribution in [0.2, 0.25) is 0 Å². The molecule has 0 radical (unpaired) electrons. The predicted molar refractivity (Wildman–Crippen MR) is 79.5 cm³/mol. The number of hydrogen-bond donors (Lipinski definition) is 1. The Bertz CT molecular complexity index is 323. The Hall–Kier alpha value is 0.870. The summed E-state index contributed by atoms with van der Waals surface area (Å²) in [6.45, 7) is 8.39. The molecule has 0 aliphatic heterocycles. The third-order valence-electron chi connectivity index (χ3n) is 3.43. The molecule has 2 atom stereocenters. The maximum absolute atomic E-state index is 10.8. The van der Waals surface area contributed by atoms with Gasteiger partial charge in [-0.1, -0.05) is 53.4 Å². The van der Waals surface area contributed by atoms with Crippen molar-refractivity contribution in [1.29, 1.82) is 0 Å². The summed E-state index contributed by atoms with van der Waals surface area (Å²) >= 11 is 0. The minimum Gasteiger partial charge on any atom is -1.00 e. The van der Waals surface area contributed by atoms with E-state index in [1.165, 1.54) is 19.3 Å². The molecule has 0 aromatic rings. The summed E-state index contributed by atoms with van der Waals surface area (Å²) in [5, 5.41) is 0. The summed E-state index contributed by atoms with van der Waals surface area (Å²) in [7, 11) is -4.34. The van der Waals surface area contributed by atoms with Crippen LogP contribution in [-0.4, -0.2) is 19.1 Å². The molecule has 0 bridgehead atoms. The first-order chi connectivity index (χ1) is 8.78. The molecule has 0 aromatic carbocycles. The van der Waals surface area contributed by atoms with Gasteiger partial charge in [-0.25, -0.2) is 4.18 Å². The Morgan fingerprint density at radius 1 is 1.15 bits per heavy atom. The third kappa shape index (κ3) is 13.8. The minimum atomic E-state index is -4.34. The Morgan fingerprint density at radius 2 is 1.75 bits per heavy atom. The van der Waals surface area contributed by atoms with Gasteiger partial charge in [0.2, 0.25) is 0 Å². The second-order valence-electron chi connectivity index (χ2n) is 5.77. The number of hydrogen-bond acceptors (Lipinski definition) is 3. The molecule has 2 unspecified atom stereocenters. The van der Waals surface area contributed by atoms with E-state index in [1.54, 1.807) is 0 Å². The van der Waals surface area contributed by atoms with E-state index in [0.29, 0.717) is 24.7 Å². The summed E-state index contributed by atoms with van der Waals surface area (Å²) in [4.78, 5) is 0. The van der Waals surface area contributed by atoms with Gasteiger partial charge in [0.15, 0.2) is 0 Å². The van der Waals surface area contributed by atoms with E-state index in [1.807, 2.05) is 13.8 Å². The summed E-state index contributed by atoms with van der Waals surface area (Å²) < 4.78 is 35.3. The van der Waals surface area contributed by atoms with Gasteiger partial charge >= 0.3 is 40.0 Å². The largest absolute Gasteiger partial charge is 1.00 e. The molecule has 1 N–H and O–H groups in total. The van der Waals surface area contributed by atoms with Gasteiger partial charge in [0, 0.05) is 0 Å². The normalized spacial score (nSPS) is 14.9. The molecule has 0 aromatic heterocycles. The molecule has 0 fully saturated rings. The Balaban J connectivity index is -0.00000162. The van der Waals surface area contributed by atoms with Gasteiger partial charge in [-0.15, -0.1) is 0 Å². The topological polar surface area (TPSA) is 63.6 Å². The molecular formula is C14H31NaO4S. The van der Waals surface area contributed by atoms with Crippen LogP contribution in [-0.2, 0) is 14.6 Å². The monoisotopic (exact) mass is 318 g/mol. The quantitative estimate of drug-likeness (QED) is 0.461. The zero-order valence-corrected chi connectivity index (χ0v) is 16.6. The van der Waals surface area contributed by atoms with Crippen molar-refractivity contribution in [3.05, 3.63) is 0 Å². The zero-order chi connectivity index (χ0) is 14.9. The van der Waals surface area contributed by atoms with Crippen molar-refractivity contribution in [2.75, 3.05) is 0 Å². The van der Waals surface area contributed by atoms with Gasteiger partial charge in [0.05, 0.1) is 6.10 Å². The van der Waals surface area contributed by atoms with E-state index in [2.05, 4.69) is 13.8 Å². The maximum Gasteiger partial charge on any atom is 1.00 e. The van der Waals surface area contributed by atoms with E-state index in [0.717, 1.165) is 12.8 Å². The Kier molecular flexibility index (Phi) is 14.4. The number of rotatable bonds is 11. The molecule has 0 aliphatic rings. The van der Waals surface area contributed by atoms with Gasteiger partial charge in [0.1, 0.15) is 0 Å². The van der Waals surface area contributed by atoms with Crippen LogP contribution >= 0.6 is 0 Å². The summed E-state index contributed by atoms with van der Waals surface area (Å²) in [6, 6.07) is 0. The van der Waals surface area contributed by atoms with Crippen molar-refractivity contribution in [3.8, 4) is 0 Å². The van der Waals surface area contributed by atoms with Crippen molar-refractivity contribution in [3.63, 3.8) is 0 Å². The van der Waals surface area contributed by atoms with E-state index in [4.69, 9.17) is 8.74 Å². The zero-order valence-electron chi connectivity index (χ0n) is 14.8. The molecule has 118 valence electrons. The van der Waals surface area contributed by atoms with Crippen molar-refractivity contribution in [2.45, 2.75) is 78.7 Å². The third-order valence-corrected chi connectivity index (χ3v) is 3.95. The number of unbranched alkanes of at least 4 members (excludes halogenated alkanes) is 1. The fourth-order valence-corrected chi connectivity index (χ4v) is 2.89. The van der Waals surface area contributed by atoms with E-state index < -0.39 is 16.5 Å². The second-order valence-corrected chi connectivity index (χ2v) is 6.82. The Labute approximate surface area is 148 Å². The molecule has 0 aliphatic carbocycles. The molecule has 0 saturated carbocycles. The molecule has 4 nitrogen and oxygen atoms in total. The van der Waals surface area contributed by atoms with Crippen LogP contribution in [0.4, 0.5) is 0 Å². The van der Waals surface area contributed by atoms with Crippen LogP contribution in [0.3, 0.4) is 0 Å². The molecule has 0 rings (SSSR count). The van der Waals surface area contributed by atoms with Gasteiger partial charge < -0.3 is 1.43 Å². The van der Waals surface area contributed by atoms with Crippen LogP contribution in [0.5, 0.6) is 0 Å². The van der Waals surface area contributed by atoms with Gasteiger partial charge in [-0.3, -0.25) is 4.55 Å². The summed E-state index contributed by atoms with van der Waals surface area (Å²) in [6.07, 6.45) is 6.62. The average Bonchev–Trinajstić information content (AvgIpc) is 2.26. The molecule has 0 amide bonds. The fraction of sp³-hybridized carbons (Fsp3) is 1.00. The van der Waals surface area contributed by atoms with Crippen molar-refractivity contribution < 1.29 is 48.1 Å². The van der Waals surface area contributed by atoms with Crippen LogP contribution in [0.25, 0.3) is 0 Å². The SMILES string of the molecule is CCCCC(CC)CCC(CC(C)C)OS(=O)(=O)O.[H-].[Na+]. The fourth-order valence-electron chi connectivity index (χ4n) is 2.37. The van der Waals surface area contributed by atoms with Gasteiger partial charge in [-0.05, 0) is 31.1 Å². The minimum absolute atomic E-state index is 0. The van der Waals surface area contributed by atoms with Crippen molar-refractivity contribution >= 4 is 10.4 Å². The maximum atomic E-state index is 10.8. The molecule has 0 saturated heterocycles. The van der Waals surface area contributed by atoms with Crippen molar-refractivity contribution in [2.24, 2.45) is 11.8 Å². The first-order valence-electron chi connectivity index (χ1n) is 7.44. The van der Waals surface area contributed by atoms with Crippen LogP contribution < -0.4 is 29.6 Å². The molecule has 0 heterocycles. The molecule has 0 spiro atoms. The van der Waals surface area contributed by atoms with Crippen LogP contribution in [0.15, 0.2) is 0 Å². The van der Waals surface area contributed by atoms with Gasteiger partial charge in [0.25, 0.3) is 0 Å². The summed E-state index contributed by atoms with van der Waals surface area (Å²) in [5.41, 5.74) is 0.